The summed E-state index contributed by atoms with van der Waals surface area (Å²) in [6.45, 7) is 8.70. The summed E-state index contributed by atoms with van der Waals surface area (Å²) < 4.78 is 1.22. The van der Waals surface area contributed by atoms with Gasteiger partial charge in [-0.15, -0.1) is 0 Å². The molecular weight excluding hydrogens is 276 g/mol. The molecule has 1 saturated heterocycles. The third kappa shape index (κ3) is 2.70. The molecule has 0 aliphatic carbocycles. The standard InChI is InChI=1S/C17H27N4O/c1-4-7-19-21-10-13-9-20(22)11-15(12(2)3)16(13)14-6-5-8-18-17(14)21/h5-6,8,10,12,15-19H,4,7,9,11H2,1-3H3/q+1. The van der Waals surface area contributed by atoms with Crippen molar-refractivity contribution in [1.29, 1.82) is 0 Å². The van der Waals surface area contributed by atoms with Crippen molar-refractivity contribution < 1.29 is 4.76 Å². The maximum Gasteiger partial charge on any atom is 0.215 e. The Morgan fingerprint density at radius 2 is 2.32 bits per heavy atom. The van der Waals surface area contributed by atoms with E-state index in [-0.39, 0.29) is 6.17 Å². The molecule has 0 radical (unpaired) electrons. The first-order valence-corrected chi connectivity index (χ1v) is 8.39. The molecular formula is C17H27N4O+. The number of nitrogens with zero attached hydrogens (tertiary/aromatic N) is 2. The second kappa shape index (κ2) is 6.24. The van der Waals surface area contributed by atoms with Gasteiger partial charge in [-0.25, -0.2) is 5.43 Å². The third-order valence-electron chi connectivity index (χ3n) is 4.90. The van der Waals surface area contributed by atoms with Gasteiger partial charge in [0.15, 0.2) is 6.54 Å². The van der Waals surface area contributed by atoms with E-state index >= 15 is 0 Å². The van der Waals surface area contributed by atoms with E-state index in [0.29, 0.717) is 30.8 Å². The Bertz CT molecular complexity index is 535. The normalized spacial score (nSPS) is 30.5. The number of rotatable bonds is 4. The van der Waals surface area contributed by atoms with Crippen molar-refractivity contribution >= 4 is 0 Å². The quantitative estimate of drug-likeness (QED) is 0.781. The van der Waals surface area contributed by atoms with Gasteiger partial charge in [0.25, 0.3) is 0 Å². The van der Waals surface area contributed by atoms with Gasteiger partial charge in [0.05, 0.1) is 0 Å². The minimum Gasteiger partial charge on any atom is -0.367 e. The molecule has 3 aliphatic heterocycles. The van der Waals surface area contributed by atoms with E-state index in [1.807, 2.05) is 6.20 Å². The van der Waals surface area contributed by atoms with Crippen LogP contribution in [0.2, 0.25) is 0 Å². The molecule has 0 saturated carbocycles. The summed E-state index contributed by atoms with van der Waals surface area (Å²) in [5.41, 5.74) is 6.09. The summed E-state index contributed by atoms with van der Waals surface area (Å²) >= 11 is 0. The highest BCUT2D eigenvalue weighted by Crippen LogP contribution is 2.42. The summed E-state index contributed by atoms with van der Waals surface area (Å²) in [6.07, 6.45) is 9.70. The van der Waals surface area contributed by atoms with Crippen LogP contribution >= 0.6 is 0 Å². The van der Waals surface area contributed by atoms with Crippen molar-refractivity contribution in [3.05, 3.63) is 40.6 Å². The van der Waals surface area contributed by atoms with E-state index in [1.54, 1.807) is 0 Å². The Morgan fingerprint density at radius 3 is 3.05 bits per heavy atom. The predicted molar refractivity (Wildman–Crippen MR) is 87.5 cm³/mol. The van der Waals surface area contributed by atoms with E-state index in [2.05, 4.69) is 54.9 Å². The monoisotopic (exact) mass is 303 g/mol. The zero-order chi connectivity index (χ0) is 15.7. The smallest absolute Gasteiger partial charge is 0.215 e. The van der Waals surface area contributed by atoms with Crippen LogP contribution < -0.4 is 10.7 Å². The number of fused-ring (bicyclic) bond motifs is 3. The minimum atomic E-state index is 0.157. The predicted octanol–water partition coefficient (Wildman–Crippen LogP) is 2.15. The minimum absolute atomic E-state index is 0.157. The van der Waals surface area contributed by atoms with Crippen molar-refractivity contribution in [3.8, 4) is 0 Å². The van der Waals surface area contributed by atoms with Crippen molar-refractivity contribution in [3.63, 3.8) is 0 Å². The molecule has 1 fully saturated rings. The number of nitrogens with one attached hydrogen (secondary N) is 2. The molecule has 0 aromatic heterocycles. The Hall–Kier alpha value is -1.62. The van der Waals surface area contributed by atoms with Gasteiger partial charge < -0.3 is 5.32 Å². The van der Waals surface area contributed by atoms with Crippen LogP contribution in [0.25, 0.3) is 0 Å². The van der Waals surface area contributed by atoms with E-state index in [1.165, 1.54) is 15.9 Å². The number of allylic oxidation sites excluding steroid dienone is 2. The van der Waals surface area contributed by atoms with Crippen LogP contribution in [0.1, 0.15) is 27.2 Å². The maximum atomic E-state index is 12.1. The highest BCUT2D eigenvalue weighted by Gasteiger charge is 2.46. The lowest BCUT2D eigenvalue weighted by atomic mass is 9.70. The van der Waals surface area contributed by atoms with Crippen molar-refractivity contribution in [1.82, 2.24) is 15.8 Å². The average Bonchev–Trinajstić information content (AvgIpc) is 2.51. The highest BCUT2D eigenvalue weighted by molar-refractivity contribution is 5.36. The molecule has 3 rings (SSSR count). The van der Waals surface area contributed by atoms with Gasteiger partial charge in [0, 0.05) is 39.8 Å². The van der Waals surface area contributed by atoms with Gasteiger partial charge in [-0.1, -0.05) is 26.8 Å². The summed E-state index contributed by atoms with van der Waals surface area (Å²) in [7, 11) is 0. The molecule has 0 spiro atoms. The molecule has 5 nitrogen and oxygen atoms in total. The topological polar surface area (TPSA) is 47.4 Å². The Balaban J connectivity index is 1.97. The summed E-state index contributed by atoms with van der Waals surface area (Å²) in [5.74, 6) is 1.26. The molecule has 3 atom stereocenters. The molecule has 120 valence electrons. The molecule has 3 aliphatic rings. The number of dihydropyridines is 1. The lowest BCUT2D eigenvalue weighted by molar-refractivity contribution is -0.559. The highest BCUT2D eigenvalue weighted by atomic mass is 16.3. The molecule has 3 heterocycles. The summed E-state index contributed by atoms with van der Waals surface area (Å²) in [4.78, 5) is 12.1. The van der Waals surface area contributed by atoms with Crippen LogP contribution in [0.3, 0.4) is 0 Å². The van der Waals surface area contributed by atoms with E-state index in [0.717, 1.165) is 13.0 Å². The molecule has 3 unspecified atom stereocenters. The van der Waals surface area contributed by atoms with Crippen molar-refractivity contribution in [2.24, 2.45) is 17.8 Å². The SMILES string of the molecule is CCCNN1C=C2C[N+](=O)CC(C(C)C)C2C2=CC=CNC21. The first-order chi connectivity index (χ1) is 10.6. The number of hydrogen-bond acceptors (Lipinski definition) is 4. The number of hydrogen-bond donors (Lipinski definition) is 2. The zero-order valence-corrected chi connectivity index (χ0v) is 13.7. The van der Waals surface area contributed by atoms with E-state index in [4.69, 9.17) is 0 Å². The van der Waals surface area contributed by atoms with Gasteiger partial charge in [0.2, 0.25) is 6.54 Å². The molecule has 22 heavy (non-hydrogen) atoms. The molecule has 0 bridgehead atoms. The first kappa shape index (κ1) is 15.3. The van der Waals surface area contributed by atoms with Gasteiger partial charge >= 0.3 is 0 Å². The van der Waals surface area contributed by atoms with Crippen LogP contribution in [0.4, 0.5) is 0 Å². The molecule has 0 aromatic rings. The fourth-order valence-electron chi connectivity index (χ4n) is 3.80. The van der Waals surface area contributed by atoms with Crippen molar-refractivity contribution in [2.75, 3.05) is 19.6 Å². The van der Waals surface area contributed by atoms with Gasteiger partial charge in [-0.3, -0.25) is 5.01 Å². The second-order valence-corrected chi connectivity index (χ2v) is 6.82. The van der Waals surface area contributed by atoms with E-state index < -0.39 is 0 Å². The van der Waals surface area contributed by atoms with Gasteiger partial charge in [-0.2, -0.15) is 0 Å². The number of piperidine rings is 1. The Morgan fingerprint density at radius 1 is 1.50 bits per heavy atom. The Kier molecular flexibility index (Phi) is 4.34. The van der Waals surface area contributed by atoms with Crippen LogP contribution in [-0.2, 0) is 0 Å². The lowest BCUT2D eigenvalue weighted by Gasteiger charge is -2.45. The molecule has 0 aromatic carbocycles. The van der Waals surface area contributed by atoms with Crippen LogP contribution in [0.15, 0.2) is 35.7 Å². The van der Waals surface area contributed by atoms with Crippen LogP contribution in [0, 0.1) is 22.7 Å². The van der Waals surface area contributed by atoms with Crippen LogP contribution in [0.5, 0.6) is 0 Å². The molecule has 5 heteroatoms. The third-order valence-corrected chi connectivity index (χ3v) is 4.90. The lowest BCUT2D eigenvalue weighted by Crippen LogP contribution is -2.57. The number of hydrazine groups is 1. The van der Waals surface area contributed by atoms with Gasteiger partial charge in [-0.05, 0) is 30.2 Å². The van der Waals surface area contributed by atoms with Gasteiger partial charge in [0.1, 0.15) is 6.17 Å². The Labute approximate surface area is 132 Å². The van der Waals surface area contributed by atoms with Crippen molar-refractivity contribution in [2.45, 2.75) is 33.4 Å². The first-order valence-electron chi connectivity index (χ1n) is 8.39. The molecule has 0 amide bonds. The molecule has 2 N–H and O–H groups in total. The number of nitroso groups, excluding NO2 is 1. The summed E-state index contributed by atoms with van der Waals surface area (Å²) in [5, 5.41) is 5.60. The fraction of sp³-hybridized carbons (Fsp3) is 0.647. The largest absolute Gasteiger partial charge is 0.367 e. The van der Waals surface area contributed by atoms with Crippen LogP contribution in [-0.4, -0.2) is 35.6 Å². The zero-order valence-electron chi connectivity index (χ0n) is 13.7. The van der Waals surface area contributed by atoms with E-state index in [9.17, 15) is 4.91 Å². The maximum absolute atomic E-state index is 12.1. The average molecular weight is 303 g/mol. The summed E-state index contributed by atoms with van der Waals surface area (Å²) in [6, 6.07) is 0. The fourth-order valence-corrected chi connectivity index (χ4v) is 3.80. The second-order valence-electron chi connectivity index (χ2n) is 6.82.